The van der Waals surface area contributed by atoms with Crippen LogP contribution in [0.15, 0.2) is 94.5 Å². The summed E-state index contributed by atoms with van der Waals surface area (Å²) in [6.07, 6.45) is 1.67. The minimum atomic E-state index is -0.181. The molecule has 0 fully saturated rings. The molecular formula is C43H34INO2. The molecule has 9 aromatic rings. The summed E-state index contributed by atoms with van der Waals surface area (Å²) in [5.41, 5.74) is 5.37. The first-order valence-electron chi connectivity index (χ1n) is 16.6. The third kappa shape index (κ3) is 3.73. The first-order valence-corrected chi connectivity index (χ1v) is 17.7. The molecule has 9 rings (SSSR count). The van der Waals surface area contributed by atoms with Crippen molar-refractivity contribution in [1.29, 1.82) is 0 Å². The lowest BCUT2D eigenvalue weighted by Crippen LogP contribution is -2.28. The van der Waals surface area contributed by atoms with Crippen LogP contribution in [0.25, 0.3) is 86.9 Å². The Morgan fingerprint density at radius 3 is 1.68 bits per heavy atom. The summed E-state index contributed by atoms with van der Waals surface area (Å²) >= 11 is 2.42. The molecule has 230 valence electrons. The highest BCUT2D eigenvalue weighted by Gasteiger charge is 2.31. The average Bonchev–Trinajstić information content (AvgIpc) is 3.55. The lowest BCUT2D eigenvalue weighted by atomic mass is 9.80. The number of rotatable bonds is 5. The number of aromatic nitrogens is 1. The smallest absolute Gasteiger partial charge is 0.262 e. The minimum absolute atomic E-state index is 0.0864. The highest BCUT2D eigenvalue weighted by atomic mass is 127. The van der Waals surface area contributed by atoms with Crippen molar-refractivity contribution in [2.24, 2.45) is 0 Å². The third-order valence-corrected chi connectivity index (χ3v) is 11.6. The molecule has 1 aromatic heterocycles. The molecule has 4 heteroatoms. The Labute approximate surface area is 286 Å². The Hall–Kier alpha value is -4.29. The lowest BCUT2D eigenvalue weighted by molar-refractivity contribution is 0.483. The van der Waals surface area contributed by atoms with Crippen LogP contribution < -0.4 is 11.1 Å². The molecule has 0 bridgehead atoms. The zero-order valence-corrected chi connectivity index (χ0v) is 29.4. The fourth-order valence-corrected chi connectivity index (χ4v) is 9.33. The molecule has 0 spiro atoms. The van der Waals surface area contributed by atoms with Crippen molar-refractivity contribution in [3.8, 4) is 22.3 Å². The molecule has 0 saturated heterocycles. The molecule has 0 amide bonds. The number of fused-ring (bicyclic) bond motifs is 3. The lowest BCUT2D eigenvalue weighted by Gasteiger charge is -2.24. The van der Waals surface area contributed by atoms with Crippen LogP contribution >= 0.6 is 22.6 Å². The van der Waals surface area contributed by atoms with Gasteiger partial charge in [-0.25, -0.2) is 0 Å². The fourth-order valence-electron chi connectivity index (χ4n) is 8.65. The molecular weight excluding hydrogens is 689 g/mol. The van der Waals surface area contributed by atoms with E-state index in [1.165, 1.54) is 43.4 Å². The molecule has 0 aliphatic rings. The number of hydrogen-bond donors (Lipinski definition) is 0. The summed E-state index contributed by atoms with van der Waals surface area (Å²) < 4.78 is 2.70. The second-order valence-corrected chi connectivity index (χ2v) is 15.6. The van der Waals surface area contributed by atoms with E-state index < -0.39 is 0 Å². The van der Waals surface area contributed by atoms with E-state index in [1.54, 1.807) is 4.57 Å². The van der Waals surface area contributed by atoms with Gasteiger partial charge in [-0.15, -0.1) is 0 Å². The van der Waals surface area contributed by atoms with E-state index in [0.29, 0.717) is 10.8 Å². The van der Waals surface area contributed by atoms with Crippen molar-refractivity contribution in [3.05, 3.63) is 115 Å². The van der Waals surface area contributed by atoms with E-state index in [9.17, 15) is 9.59 Å². The quantitative estimate of drug-likeness (QED) is 0.131. The second-order valence-electron chi connectivity index (χ2n) is 14.4. The van der Waals surface area contributed by atoms with Gasteiger partial charge < -0.3 is 0 Å². The zero-order valence-electron chi connectivity index (χ0n) is 27.2. The Morgan fingerprint density at radius 1 is 0.617 bits per heavy atom. The molecule has 47 heavy (non-hydrogen) atoms. The van der Waals surface area contributed by atoms with Crippen LogP contribution in [-0.2, 0) is 5.41 Å². The maximum Gasteiger partial charge on any atom is 0.262 e. The summed E-state index contributed by atoms with van der Waals surface area (Å²) in [7, 11) is 0. The van der Waals surface area contributed by atoms with Crippen LogP contribution in [0.5, 0.6) is 0 Å². The van der Waals surface area contributed by atoms with Crippen molar-refractivity contribution < 1.29 is 0 Å². The molecule has 0 radical (unpaired) electrons. The van der Waals surface area contributed by atoms with E-state index in [-0.39, 0.29) is 22.6 Å². The van der Waals surface area contributed by atoms with Gasteiger partial charge in [0.1, 0.15) is 0 Å². The molecule has 3 nitrogen and oxygen atoms in total. The Kier molecular flexibility index (Phi) is 6.06. The number of hydrogen-bond acceptors (Lipinski definition) is 2. The van der Waals surface area contributed by atoms with Crippen LogP contribution in [0.2, 0.25) is 0 Å². The van der Waals surface area contributed by atoms with Gasteiger partial charge in [0.2, 0.25) is 0 Å². The Balaban J connectivity index is 1.60. The first-order chi connectivity index (χ1) is 22.6. The van der Waals surface area contributed by atoms with Crippen LogP contribution in [0.4, 0.5) is 0 Å². The Morgan fingerprint density at radius 2 is 1.13 bits per heavy atom. The summed E-state index contributed by atoms with van der Waals surface area (Å²) in [6.45, 7) is 10.9. The summed E-state index contributed by atoms with van der Waals surface area (Å²) in [6, 6.07) is 30.4. The van der Waals surface area contributed by atoms with Gasteiger partial charge in [0, 0.05) is 9.61 Å². The second kappa shape index (κ2) is 9.86. The van der Waals surface area contributed by atoms with Gasteiger partial charge in [-0.2, -0.15) is 0 Å². The van der Waals surface area contributed by atoms with Crippen molar-refractivity contribution in [1.82, 2.24) is 4.57 Å². The molecule has 0 aliphatic heterocycles. The van der Waals surface area contributed by atoms with Crippen LogP contribution in [0.3, 0.4) is 0 Å². The molecule has 0 saturated carbocycles. The number of benzene rings is 7. The van der Waals surface area contributed by atoms with Gasteiger partial charge in [0.25, 0.3) is 11.1 Å². The predicted molar refractivity (Wildman–Crippen MR) is 209 cm³/mol. The third-order valence-electron chi connectivity index (χ3n) is 10.6. The van der Waals surface area contributed by atoms with E-state index in [4.69, 9.17) is 0 Å². The van der Waals surface area contributed by atoms with Gasteiger partial charge >= 0.3 is 0 Å². The highest BCUT2D eigenvalue weighted by molar-refractivity contribution is 14.1. The largest absolute Gasteiger partial charge is 0.271 e. The SMILES string of the molecule is CCCC(C)n1c(=O)c2c3cc(-c4ccccc4I)c4ccc5ccc6c(-c7ccccc7C(C)(C)C)cc(c2c1=O)c1c6c5c4c31. The number of halogens is 1. The molecule has 1 atom stereocenters. The van der Waals surface area contributed by atoms with Gasteiger partial charge in [-0.3, -0.25) is 14.2 Å². The van der Waals surface area contributed by atoms with Gasteiger partial charge in [0.15, 0.2) is 0 Å². The van der Waals surface area contributed by atoms with E-state index >= 15 is 0 Å². The van der Waals surface area contributed by atoms with Crippen LogP contribution in [-0.4, -0.2) is 4.57 Å². The van der Waals surface area contributed by atoms with Gasteiger partial charge in [0.05, 0.1) is 10.8 Å². The molecule has 8 aromatic carbocycles. The normalized spacial score (nSPS) is 13.6. The summed E-state index contributed by atoms with van der Waals surface area (Å²) in [5.74, 6) is 0. The highest BCUT2D eigenvalue weighted by Crippen LogP contribution is 2.54. The molecule has 0 N–H and O–H groups in total. The van der Waals surface area contributed by atoms with Gasteiger partial charge in [-0.1, -0.05) is 101 Å². The predicted octanol–water partition coefficient (Wildman–Crippen LogP) is 11.5. The molecule has 1 heterocycles. The number of nitrogens with zero attached hydrogens (tertiary/aromatic N) is 1. The maximum atomic E-state index is 14.7. The first kappa shape index (κ1) is 28.9. The van der Waals surface area contributed by atoms with Crippen LogP contribution in [0, 0.1) is 3.57 Å². The monoisotopic (exact) mass is 723 g/mol. The molecule has 0 aliphatic carbocycles. The van der Waals surface area contributed by atoms with E-state index in [1.807, 2.05) is 6.92 Å². The van der Waals surface area contributed by atoms with Crippen LogP contribution in [0.1, 0.15) is 59.1 Å². The summed E-state index contributed by atoms with van der Waals surface area (Å²) in [5, 5.41) is 12.3. The topological polar surface area (TPSA) is 39.1 Å². The maximum absolute atomic E-state index is 14.7. The average molecular weight is 724 g/mol. The summed E-state index contributed by atoms with van der Waals surface area (Å²) in [4.78, 5) is 29.3. The standard InChI is InChI=1S/C43H34INO2/c1-6-11-22(2)45-41(46)39-30-20-28(24-12-7-9-14-32(24)43(3,4)5)26-18-16-23-17-19-27-29(25-13-8-10-15-33(25)44)21-31(40(39)42(45)47)38-36(27)34(23)35(26)37(30)38/h7-10,12-22H,6,11H2,1-5H3. The zero-order chi connectivity index (χ0) is 32.5. The van der Waals surface area contributed by atoms with E-state index in [0.717, 1.165) is 54.6 Å². The van der Waals surface area contributed by atoms with Crippen molar-refractivity contribution in [2.75, 3.05) is 0 Å². The minimum Gasteiger partial charge on any atom is -0.271 e. The Bertz CT molecular complexity index is 2800. The fraction of sp³-hybridized carbons (Fsp3) is 0.209. The van der Waals surface area contributed by atoms with Gasteiger partial charge in [-0.05, 0) is 141 Å². The van der Waals surface area contributed by atoms with E-state index in [2.05, 4.69) is 135 Å². The molecule has 1 unspecified atom stereocenters. The van der Waals surface area contributed by atoms with Crippen molar-refractivity contribution in [2.45, 2.75) is 58.9 Å². The van der Waals surface area contributed by atoms with Crippen molar-refractivity contribution >= 4 is 87.2 Å². The van der Waals surface area contributed by atoms with Crippen molar-refractivity contribution in [3.63, 3.8) is 0 Å².